The molecule has 0 spiro atoms. The Balaban J connectivity index is 1.98. The number of aryl methyl sites for hydroxylation is 1. The van der Waals surface area contributed by atoms with E-state index in [1.165, 1.54) is 9.12 Å². The minimum absolute atomic E-state index is 0.000100. The molecule has 0 unspecified atom stereocenters. The summed E-state index contributed by atoms with van der Waals surface area (Å²) in [6.45, 7) is 0. The predicted octanol–water partition coefficient (Wildman–Crippen LogP) is 4.41. The zero-order valence-corrected chi connectivity index (χ0v) is 16.5. The van der Waals surface area contributed by atoms with Gasteiger partial charge in [-0.05, 0) is 29.8 Å². The topological polar surface area (TPSA) is 49.0 Å². The van der Waals surface area contributed by atoms with E-state index in [4.69, 9.17) is 4.74 Å². The van der Waals surface area contributed by atoms with Crippen molar-refractivity contribution in [1.29, 1.82) is 0 Å². The van der Waals surface area contributed by atoms with Crippen molar-refractivity contribution in [3.05, 3.63) is 59.1 Å². The first-order chi connectivity index (χ1) is 12.1. The number of benzene rings is 1. The maximum absolute atomic E-state index is 12.5. The molecule has 0 bridgehead atoms. The molecule has 3 heterocycles. The summed E-state index contributed by atoms with van der Waals surface area (Å²) in [5, 5.41) is 1.98. The van der Waals surface area contributed by atoms with Gasteiger partial charge in [0.1, 0.15) is 5.52 Å². The van der Waals surface area contributed by atoms with Crippen LogP contribution in [0.15, 0.2) is 53.6 Å². The highest BCUT2D eigenvalue weighted by atomic mass is 127. The normalized spacial score (nSPS) is 11.3. The number of halogens is 1. The molecule has 0 aliphatic carbocycles. The van der Waals surface area contributed by atoms with Gasteiger partial charge in [-0.25, -0.2) is 4.98 Å². The molecule has 4 aromatic rings. The van der Waals surface area contributed by atoms with Gasteiger partial charge in [0, 0.05) is 72.2 Å². The van der Waals surface area contributed by atoms with E-state index in [0.717, 1.165) is 27.4 Å². The summed E-state index contributed by atoms with van der Waals surface area (Å²) in [5.74, 6) is 0.598. The zero-order valence-electron chi connectivity index (χ0n) is 13.6. The van der Waals surface area contributed by atoms with Gasteiger partial charge in [0.2, 0.25) is 5.88 Å². The lowest BCUT2D eigenvalue weighted by atomic mass is 10.0. The van der Waals surface area contributed by atoms with Gasteiger partial charge in [0.05, 0.1) is 12.6 Å². The van der Waals surface area contributed by atoms with Gasteiger partial charge in [-0.15, -0.1) is 0 Å². The Morgan fingerprint density at radius 2 is 2.04 bits per heavy atom. The summed E-state index contributed by atoms with van der Waals surface area (Å²) >= 11 is 2.18. The Kier molecular flexibility index (Phi) is 4.20. The van der Waals surface area contributed by atoms with E-state index in [1.54, 1.807) is 18.7 Å². The first-order valence-electron chi connectivity index (χ1n) is 7.57. The summed E-state index contributed by atoms with van der Waals surface area (Å²) in [4.78, 5) is 17.0. The molecule has 0 N–H and O–H groups in total. The lowest BCUT2D eigenvalue weighted by molar-refractivity contribution is 0.399. The first kappa shape index (κ1) is 16.5. The number of nitrogens with zero attached hydrogens (tertiary/aromatic N) is 3. The van der Waals surface area contributed by atoms with Gasteiger partial charge < -0.3 is 9.30 Å². The second-order valence-electron chi connectivity index (χ2n) is 5.69. The Hall–Kier alpha value is -2.00. The van der Waals surface area contributed by atoms with Crippen LogP contribution in [0.4, 0.5) is 0 Å². The van der Waals surface area contributed by atoms with Crippen molar-refractivity contribution >= 4 is 52.1 Å². The van der Waals surface area contributed by atoms with Crippen LogP contribution >= 0.6 is 30.3 Å². The van der Waals surface area contributed by atoms with Crippen LogP contribution in [0.2, 0.25) is 0 Å². The molecule has 4 rings (SSSR count). The third-order valence-corrected chi connectivity index (χ3v) is 5.97. The van der Waals surface area contributed by atoms with Crippen LogP contribution in [0.5, 0.6) is 5.88 Å². The summed E-state index contributed by atoms with van der Waals surface area (Å²) in [6, 6.07) is 11.9. The highest BCUT2D eigenvalue weighted by molar-refractivity contribution is 14.2. The summed E-state index contributed by atoms with van der Waals surface area (Å²) in [7, 11) is 4.88. The first-order valence-corrected chi connectivity index (χ1v) is 10.9. The maximum atomic E-state index is 12.5. The van der Waals surface area contributed by atoms with Crippen molar-refractivity contribution in [2.24, 2.45) is 7.05 Å². The standard InChI is InChI=1S/C18H14IN3O2S/c1-21-10-14(13-7-8-22(25-19)17(13)18(21)23)11-3-5-15-12(9-11)4-6-16(20-15)24-2/h3-10H,1-2H3. The molecule has 0 amide bonds. The number of hydrogen-bond acceptors (Lipinski definition) is 4. The Bertz CT molecular complexity index is 1170. The lowest BCUT2D eigenvalue weighted by Gasteiger charge is -2.09. The fourth-order valence-electron chi connectivity index (χ4n) is 3.01. The molecule has 25 heavy (non-hydrogen) atoms. The third-order valence-electron chi connectivity index (χ3n) is 4.25. The van der Waals surface area contributed by atoms with Crippen LogP contribution in [0, 0.1) is 0 Å². The number of aromatic nitrogens is 3. The molecular formula is C18H14IN3O2S. The van der Waals surface area contributed by atoms with Crippen LogP contribution in [0.3, 0.4) is 0 Å². The minimum Gasteiger partial charge on any atom is -0.481 e. The summed E-state index contributed by atoms with van der Waals surface area (Å²) in [6.07, 6.45) is 3.82. The molecule has 0 aliphatic rings. The molecule has 0 fully saturated rings. The van der Waals surface area contributed by atoms with Crippen molar-refractivity contribution < 1.29 is 4.74 Å². The second-order valence-corrected chi connectivity index (χ2v) is 7.41. The van der Waals surface area contributed by atoms with E-state index >= 15 is 0 Å². The summed E-state index contributed by atoms with van der Waals surface area (Å²) in [5.41, 5.74) is 3.66. The van der Waals surface area contributed by atoms with Crippen LogP contribution in [0.1, 0.15) is 0 Å². The minimum atomic E-state index is 0.000100. The van der Waals surface area contributed by atoms with Gasteiger partial charge in [-0.1, -0.05) is 6.07 Å². The van der Waals surface area contributed by atoms with Crippen molar-refractivity contribution in [1.82, 2.24) is 13.5 Å². The van der Waals surface area contributed by atoms with Crippen molar-refractivity contribution in [3.63, 3.8) is 0 Å². The van der Waals surface area contributed by atoms with Gasteiger partial charge in [0.15, 0.2) is 0 Å². The number of ether oxygens (including phenoxy) is 1. The van der Waals surface area contributed by atoms with Crippen LogP contribution in [-0.4, -0.2) is 20.6 Å². The Morgan fingerprint density at radius 1 is 1.20 bits per heavy atom. The third kappa shape index (κ3) is 2.71. The van der Waals surface area contributed by atoms with Gasteiger partial charge in [-0.3, -0.25) is 8.77 Å². The number of methoxy groups -OCH3 is 1. The molecule has 0 radical (unpaired) electrons. The fraction of sp³-hybridized carbons (Fsp3) is 0.111. The SMILES string of the molecule is COc1ccc2cc(-c3cn(C)c(=O)c4c3ccn4SI)ccc2n1. The molecule has 0 saturated heterocycles. The van der Waals surface area contributed by atoms with Gasteiger partial charge in [0.25, 0.3) is 5.56 Å². The predicted molar refractivity (Wildman–Crippen MR) is 111 cm³/mol. The Labute approximate surface area is 160 Å². The number of pyridine rings is 2. The zero-order chi connectivity index (χ0) is 17.6. The summed E-state index contributed by atoms with van der Waals surface area (Å²) < 4.78 is 8.72. The molecule has 0 saturated carbocycles. The number of hydrogen-bond donors (Lipinski definition) is 0. The van der Waals surface area contributed by atoms with Crippen molar-refractivity contribution in [3.8, 4) is 17.0 Å². The average Bonchev–Trinajstić information content (AvgIpc) is 3.08. The van der Waals surface area contributed by atoms with Crippen molar-refractivity contribution in [2.75, 3.05) is 7.11 Å². The monoisotopic (exact) mass is 463 g/mol. The average molecular weight is 463 g/mol. The highest BCUT2D eigenvalue weighted by Crippen LogP contribution is 2.32. The molecule has 1 aromatic carbocycles. The molecule has 7 heteroatoms. The van der Waals surface area contributed by atoms with Crippen molar-refractivity contribution in [2.45, 2.75) is 0 Å². The van der Waals surface area contributed by atoms with Gasteiger partial charge in [-0.2, -0.15) is 0 Å². The molecule has 3 aromatic heterocycles. The van der Waals surface area contributed by atoms with E-state index in [-0.39, 0.29) is 5.56 Å². The molecule has 126 valence electrons. The molecule has 0 aliphatic heterocycles. The Morgan fingerprint density at radius 3 is 2.80 bits per heavy atom. The van der Waals surface area contributed by atoms with Crippen LogP contribution in [-0.2, 0) is 7.05 Å². The fourth-order valence-corrected chi connectivity index (χ4v) is 4.34. The highest BCUT2D eigenvalue weighted by Gasteiger charge is 2.14. The van der Waals surface area contributed by atoms with Crippen LogP contribution in [0.25, 0.3) is 32.9 Å². The van der Waals surface area contributed by atoms with E-state index in [9.17, 15) is 4.79 Å². The maximum Gasteiger partial charge on any atom is 0.275 e. The van der Waals surface area contributed by atoms with Crippen LogP contribution < -0.4 is 10.3 Å². The molecule has 5 nitrogen and oxygen atoms in total. The molecule has 0 atom stereocenters. The van der Waals surface area contributed by atoms with Gasteiger partial charge >= 0.3 is 0 Å². The smallest absolute Gasteiger partial charge is 0.275 e. The lowest BCUT2D eigenvalue weighted by Crippen LogP contribution is -2.17. The number of fused-ring (bicyclic) bond motifs is 2. The second kappa shape index (κ2) is 6.38. The van der Waals surface area contributed by atoms with E-state index < -0.39 is 0 Å². The molecular weight excluding hydrogens is 449 g/mol. The van der Waals surface area contributed by atoms with E-state index in [2.05, 4.69) is 32.3 Å². The largest absolute Gasteiger partial charge is 0.481 e. The van der Waals surface area contributed by atoms with E-state index in [1.807, 2.05) is 46.7 Å². The van der Waals surface area contributed by atoms with E-state index in [0.29, 0.717) is 11.4 Å². The number of rotatable bonds is 3. The quantitative estimate of drug-likeness (QED) is 0.423.